The molecule has 1 heterocycles. The summed E-state index contributed by atoms with van der Waals surface area (Å²) in [6, 6.07) is 0.927. The molecule has 110 valence electrons. The molecule has 0 saturated heterocycles. The second-order valence-corrected chi connectivity index (χ2v) is 4.31. The van der Waals surface area contributed by atoms with Crippen molar-refractivity contribution in [1.82, 2.24) is 15.1 Å². The summed E-state index contributed by atoms with van der Waals surface area (Å²) in [5.74, 6) is -3.20. The highest BCUT2D eigenvalue weighted by Crippen LogP contribution is 2.22. The molecule has 0 unspecified atom stereocenters. The second kappa shape index (κ2) is 5.65. The molecule has 2 rings (SSSR count). The van der Waals surface area contributed by atoms with Gasteiger partial charge in [0.15, 0.2) is 0 Å². The summed E-state index contributed by atoms with van der Waals surface area (Å²) in [5, 5.41) is 16.7. The van der Waals surface area contributed by atoms with E-state index in [-0.39, 0.29) is 6.54 Å². The van der Waals surface area contributed by atoms with Gasteiger partial charge in [0.25, 0.3) is 5.91 Å². The van der Waals surface area contributed by atoms with Gasteiger partial charge in [-0.25, -0.2) is 4.39 Å². The van der Waals surface area contributed by atoms with Crippen LogP contribution in [0.1, 0.15) is 15.9 Å². The number of nitrogens with one attached hydrogen (secondary N) is 1. The normalized spacial score (nSPS) is 10.4. The van der Waals surface area contributed by atoms with Crippen molar-refractivity contribution in [3.05, 3.63) is 57.4 Å². The van der Waals surface area contributed by atoms with Crippen molar-refractivity contribution >= 4 is 11.6 Å². The van der Waals surface area contributed by atoms with Crippen LogP contribution < -0.4 is 0 Å². The molecule has 21 heavy (non-hydrogen) atoms. The zero-order valence-electron chi connectivity index (χ0n) is 10.8. The monoisotopic (exact) mass is 296 g/mol. The summed E-state index contributed by atoms with van der Waals surface area (Å²) in [6.07, 6.45) is 3.03. The average molecular weight is 296 g/mol. The predicted octanol–water partition coefficient (Wildman–Crippen LogP) is 1.87. The van der Waals surface area contributed by atoms with Crippen LogP contribution in [0.15, 0.2) is 24.5 Å². The first kappa shape index (κ1) is 14.6. The molecule has 1 N–H and O–H groups in total. The number of hydrogen-bond donors (Lipinski definition) is 1. The minimum Gasteiger partial charge on any atom is -0.337 e. The fourth-order valence-corrected chi connectivity index (χ4v) is 1.76. The van der Waals surface area contributed by atoms with Gasteiger partial charge in [0.1, 0.15) is 5.82 Å². The standard InChI is InChI=1S/C12H10F2N4O3/c1-17(6-7-4-15-16-5-7)12(19)8-2-10(14)11(18(20)21)3-9(8)13/h2-5H,6H2,1H3,(H,15,16). The van der Waals surface area contributed by atoms with Crippen LogP contribution in [0.4, 0.5) is 14.5 Å². The quantitative estimate of drug-likeness (QED) is 0.688. The third-order valence-electron chi connectivity index (χ3n) is 2.78. The lowest BCUT2D eigenvalue weighted by molar-refractivity contribution is -0.387. The van der Waals surface area contributed by atoms with Crippen LogP contribution in [0.5, 0.6) is 0 Å². The topological polar surface area (TPSA) is 92.1 Å². The van der Waals surface area contributed by atoms with E-state index in [1.54, 1.807) is 6.20 Å². The average Bonchev–Trinajstić information content (AvgIpc) is 2.92. The second-order valence-electron chi connectivity index (χ2n) is 4.31. The Morgan fingerprint density at radius 1 is 1.43 bits per heavy atom. The molecule has 0 fully saturated rings. The molecule has 1 aromatic heterocycles. The number of benzene rings is 1. The summed E-state index contributed by atoms with van der Waals surface area (Å²) >= 11 is 0. The van der Waals surface area contributed by atoms with Crippen molar-refractivity contribution in [2.24, 2.45) is 0 Å². The Labute approximate surface area is 117 Å². The molecule has 0 aliphatic carbocycles. The molecule has 1 aromatic carbocycles. The molecule has 9 heteroatoms. The third-order valence-corrected chi connectivity index (χ3v) is 2.78. The Kier molecular flexibility index (Phi) is 3.92. The van der Waals surface area contributed by atoms with E-state index < -0.39 is 33.7 Å². The highest BCUT2D eigenvalue weighted by atomic mass is 19.1. The maximum atomic E-state index is 13.7. The highest BCUT2D eigenvalue weighted by Gasteiger charge is 2.24. The van der Waals surface area contributed by atoms with Crippen molar-refractivity contribution in [3.8, 4) is 0 Å². The molecular formula is C12H10F2N4O3. The van der Waals surface area contributed by atoms with Crippen molar-refractivity contribution in [2.45, 2.75) is 6.54 Å². The Morgan fingerprint density at radius 3 is 2.71 bits per heavy atom. The Morgan fingerprint density at radius 2 is 2.14 bits per heavy atom. The first-order chi connectivity index (χ1) is 9.90. The van der Waals surface area contributed by atoms with E-state index in [9.17, 15) is 23.7 Å². The summed E-state index contributed by atoms with van der Waals surface area (Å²) in [6.45, 7) is 0.132. The molecule has 0 saturated carbocycles. The smallest absolute Gasteiger partial charge is 0.307 e. The number of carbonyl (C=O) groups excluding carboxylic acids is 1. The van der Waals surface area contributed by atoms with Crippen LogP contribution in [0.3, 0.4) is 0 Å². The molecule has 7 nitrogen and oxygen atoms in total. The number of hydrogen-bond acceptors (Lipinski definition) is 4. The largest absolute Gasteiger partial charge is 0.337 e. The zero-order valence-corrected chi connectivity index (χ0v) is 10.8. The Hall–Kier alpha value is -2.84. The number of H-pyrrole nitrogens is 1. The van der Waals surface area contributed by atoms with Gasteiger partial charge in [0.05, 0.1) is 22.7 Å². The molecule has 1 amide bonds. The predicted molar refractivity (Wildman–Crippen MR) is 67.4 cm³/mol. The van der Waals surface area contributed by atoms with Gasteiger partial charge in [-0.3, -0.25) is 20.0 Å². The SMILES string of the molecule is CN(Cc1cn[nH]c1)C(=O)c1cc(F)c([N+](=O)[O-])cc1F. The Bertz CT molecular complexity index is 688. The van der Waals surface area contributed by atoms with E-state index in [0.29, 0.717) is 17.7 Å². The number of nitro groups is 1. The molecule has 0 aliphatic rings. The van der Waals surface area contributed by atoms with E-state index in [1.165, 1.54) is 13.2 Å². The van der Waals surface area contributed by atoms with Crippen LogP contribution in [0, 0.1) is 21.7 Å². The fraction of sp³-hybridized carbons (Fsp3) is 0.167. The van der Waals surface area contributed by atoms with Crippen molar-refractivity contribution in [3.63, 3.8) is 0 Å². The van der Waals surface area contributed by atoms with Crippen LogP contribution in [0.2, 0.25) is 0 Å². The molecule has 0 bridgehead atoms. The summed E-state index contributed by atoms with van der Waals surface area (Å²) in [7, 11) is 1.40. The van der Waals surface area contributed by atoms with Crippen molar-refractivity contribution in [2.75, 3.05) is 7.05 Å². The number of halogens is 2. The molecule has 0 atom stereocenters. The van der Waals surface area contributed by atoms with Gasteiger partial charge in [-0.2, -0.15) is 9.49 Å². The van der Waals surface area contributed by atoms with E-state index in [0.717, 1.165) is 4.90 Å². The van der Waals surface area contributed by atoms with Crippen molar-refractivity contribution < 1.29 is 18.5 Å². The molecule has 0 radical (unpaired) electrons. The van der Waals surface area contributed by atoms with E-state index in [2.05, 4.69) is 10.2 Å². The molecule has 2 aromatic rings. The van der Waals surface area contributed by atoms with Crippen LogP contribution in [-0.2, 0) is 6.54 Å². The van der Waals surface area contributed by atoms with Gasteiger partial charge >= 0.3 is 5.69 Å². The first-order valence-corrected chi connectivity index (χ1v) is 5.76. The fourth-order valence-electron chi connectivity index (χ4n) is 1.76. The van der Waals surface area contributed by atoms with Gasteiger partial charge in [-0.05, 0) is 6.07 Å². The molecule has 0 aliphatic heterocycles. The van der Waals surface area contributed by atoms with Gasteiger partial charge in [0, 0.05) is 25.4 Å². The minimum atomic E-state index is -1.26. The zero-order chi connectivity index (χ0) is 15.6. The summed E-state index contributed by atoms with van der Waals surface area (Å²) < 4.78 is 27.2. The first-order valence-electron chi connectivity index (χ1n) is 5.76. The van der Waals surface area contributed by atoms with Crippen molar-refractivity contribution in [1.29, 1.82) is 0 Å². The van der Waals surface area contributed by atoms with Gasteiger partial charge in [-0.1, -0.05) is 0 Å². The van der Waals surface area contributed by atoms with E-state index in [4.69, 9.17) is 0 Å². The van der Waals surface area contributed by atoms with Crippen LogP contribution in [-0.4, -0.2) is 33.0 Å². The Balaban J connectivity index is 2.26. The number of nitro benzene ring substituents is 1. The van der Waals surface area contributed by atoms with Crippen LogP contribution in [0.25, 0.3) is 0 Å². The van der Waals surface area contributed by atoms with Gasteiger partial charge < -0.3 is 4.90 Å². The molecular weight excluding hydrogens is 286 g/mol. The van der Waals surface area contributed by atoms with E-state index >= 15 is 0 Å². The van der Waals surface area contributed by atoms with Gasteiger partial charge in [0.2, 0.25) is 5.82 Å². The number of aromatic nitrogens is 2. The summed E-state index contributed by atoms with van der Waals surface area (Å²) in [5.41, 5.74) is -0.903. The maximum Gasteiger partial charge on any atom is 0.307 e. The van der Waals surface area contributed by atoms with E-state index in [1.807, 2.05) is 0 Å². The minimum absolute atomic E-state index is 0.132. The third kappa shape index (κ3) is 3.02. The van der Waals surface area contributed by atoms with Gasteiger partial charge in [-0.15, -0.1) is 0 Å². The number of rotatable bonds is 4. The maximum absolute atomic E-state index is 13.7. The lowest BCUT2D eigenvalue weighted by Crippen LogP contribution is -2.27. The number of carbonyl (C=O) groups is 1. The molecule has 0 spiro atoms. The highest BCUT2D eigenvalue weighted by molar-refractivity contribution is 5.94. The van der Waals surface area contributed by atoms with Crippen LogP contribution >= 0.6 is 0 Å². The summed E-state index contributed by atoms with van der Waals surface area (Å²) in [4.78, 5) is 22.6. The number of amides is 1. The number of nitrogens with zero attached hydrogens (tertiary/aromatic N) is 3. The lowest BCUT2D eigenvalue weighted by Gasteiger charge is -2.16. The lowest BCUT2D eigenvalue weighted by atomic mass is 10.1. The number of aromatic amines is 1.